The lowest BCUT2D eigenvalue weighted by molar-refractivity contribution is -0.120. The van der Waals surface area contributed by atoms with Crippen molar-refractivity contribution in [3.63, 3.8) is 0 Å². The quantitative estimate of drug-likeness (QED) is 0.568. The predicted molar refractivity (Wildman–Crippen MR) is 107 cm³/mol. The first-order valence-corrected chi connectivity index (χ1v) is 9.02. The summed E-state index contributed by atoms with van der Waals surface area (Å²) < 4.78 is 3.90. The number of rotatable bonds is 6. The molecule has 0 aliphatic carbocycles. The van der Waals surface area contributed by atoms with Crippen LogP contribution in [0.5, 0.6) is 0 Å². The van der Waals surface area contributed by atoms with Gasteiger partial charge in [-0.2, -0.15) is 0 Å². The number of aromatic nitrogens is 4. The monoisotopic (exact) mass is 398 g/mol. The first-order valence-electron chi connectivity index (χ1n) is 9.02. The Balaban J connectivity index is 1.57. The van der Waals surface area contributed by atoms with E-state index in [4.69, 9.17) is 0 Å². The molecule has 3 aromatic rings. The fraction of sp³-hybridized carbons (Fsp3) is 0.316. The van der Waals surface area contributed by atoms with E-state index in [1.807, 2.05) is 19.1 Å². The van der Waals surface area contributed by atoms with Gasteiger partial charge >= 0.3 is 5.69 Å². The van der Waals surface area contributed by atoms with Crippen molar-refractivity contribution in [1.29, 1.82) is 0 Å². The number of hydrogen-bond donors (Lipinski definition) is 2. The van der Waals surface area contributed by atoms with E-state index in [2.05, 4.69) is 15.6 Å². The van der Waals surface area contributed by atoms with Gasteiger partial charge in [-0.1, -0.05) is 17.7 Å². The number of fused-ring (bicyclic) bond motifs is 1. The van der Waals surface area contributed by atoms with Gasteiger partial charge in [0, 0.05) is 32.7 Å². The lowest BCUT2D eigenvalue weighted by Gasteiger charge is -2.09. The van der Waals surface area contributed by atoms with Crippen LogP contribution in [0.4, 0.5) is 0 Å². The number of aryl methyl sites for hydroxylation is 2. The number of nitrogens with zero attached hydrogens (tertiary/aromatic N) is 4. The molecule has 152 valence electrons. The topological polar surface area (TPSA) is 120 Å². The van der Waals surface area contributed by atoms with E-state index in [0.29, 0.717) is 12.1 Å². The maximum Gasteiger partial charge on any atom is 0.332 e. The van der Waals surface area contributed by atoms with Crippen LogP contribution in [0.25, 0.3) is 11.2 Å². The number of nitrogens with one attached hydrogen (secondary N) is 2. The highest BCUT2D eigenvalue weighted by atomic mass is 16.2. The van der Waals surface area contributed by atoms with Crippen molar-refractivity contribution in [1.82, 2.24) is 29.3 Å². The van der Waals surface area contributed by atoms with E-state index >= 15 is 0 Å². The zero-order valence-corrected chi connectivity index (χ0v) is 16.4. The highest BCUT2D eigenvalue weighted by molar-refractivity contribution is 5.96. The largest absolute Gasteiger partial charge is 0.353 e. The van der Waals surface area contributed by atoms with Crippen LogP contribution >= 0.6 is 0 Å². The third-order valence-electron chi connectivity index (χ3n) is 4.62. The Morgan fingerprint density at radius 3 is 2.41 bits per heavy atom. The standard InChI is InChI=1S/C19H22N6O4/c1-12-4-6-13(7-5-12)17(27)21-10-14(26)20-8-9-25-11-22-16-15(25)18(28)24(3)19(29)23(16)2/h4-7,11H,8-10H2,1-3H3,(H,20,26)(H,21,27). The van der Waals surface area contributed by atoms with Gasteiger partial charge in [0.25, 0.3) is 11.5 Å². The normalized spacial score (nSPS) is 10.9. The van der Waals surface area contributed by atoms with E-state index < -0.39 is 11.2 Å². The molecule has 2 N–H and O–H groups in total. The Hall–Kier alpha value is -3.69. The van der Waals surface area contributed by atoms with Crippen LogP contribution < -0.4 is 21.9 Å². The van der Waals surface area contributed by atoms with Crippen molar-refractivity contribution >= 4 is 23.0 Å². The van der Waals surface area contributed by atoms with Gasteiger partial charge in [-0.05, 0) is 19.1 Å². The summed E-state index contributed by atoms with van der Waals surface area (Å²) in [5.74, 6) is -0.680. The SMILES string of the molecule is Cc1ccc(C(=O)NCC(=O)NCCn2cnc3c2c(=O)n(C)c(=O)n3C)cc1. The second kappa shape index (κ2) is 8.13. The Morgan fingerprint density at radius 1 is 1.03 bits per heavy atom. The Labute approximate surface area is 165 Å². The summed E-state index contributed by atoms with van der Waals surface area (Å²) in [6.07, 6.45) is 1.46. The molecule has 0 unspecified atom stereocenters. The van der Waals surface area contributed by atoms with Crippen LogP contribution in [0.15, 0.2) is 40.2 Å². The lowest BCUT2D eigenvalue weighted by Crippen LogP contribution is -2.39. The van der Waals surface area contributed by atoms with Crippen molar-refractivity contribution in [2.45, 2.75) is 13.5 Å². The zero-order valence-electron chi connectivity index (χ0n) is 16.4. The average molecular weight is 398 g/mol. The maximum absolute atomic E-state index is 12.4. The molecule has 0 fully saturated rings. The molecule has 0 spiro atoms. The summed E-state index contributed by atoms with van der Waals surface area (Å²) in [4.78, 5) is 52.4. The van der Waals surface area contributed by atoms with Gasteiger partial charge < -0.3 is 15.2 Å². The second-order valence-corrected chi connectivity index (χ2v) is 6.71. The minimum atomic E-state index is -0.453. The molecule has 1 aromatic carbocycles. The van der Waals surface area contributed by atoms with Crippen molar-refractivity contribution in [2.75, 3.05) is 13.1 Å². The van der Waals surface area contributed by atoms with Gasteiger partial charge in [-0.3, -0.25) is 23.5 Å². The molecule has 10 heteroatoms. The summed E-state index contributed by atoms with van der Waals surface area (Å²) in [5.41, 5.74) is 1.20. The first-order chi connectivity index (χ1) is 13.8. The molecule has 2 aromatic heterocycles. The summed E-state index contributed by atoms with van der Waals surface area (Å²) >= 11 is 0. The van der Waals surface area contributed by atoms with E-state index in [1.54, 1.807) is 23.7 Å². The van der Waals surface area contributed by atoms with E-state index in [-0.39, 0.29) is 36.1 Å². The van der Waals surface area contributed by atoms with Crippen molar-refractivity contribution in [3.8, 4) is 0 Å². The fourth-order valence-electron chi connectivity index (χ4n) is 2.91. The molecule has 0 aliphatic heterocycles. The lowest BCUT2D eigenvalue weighted by atomic mass is 10.1. The summed E-state index contributed by atoms with van der Waals surface area (Å²) in [7, 11) is 2.94. The molecule has 0 saturated heterocycles. The van der Waals surface area contributed by atoms with Crippen LogP contribution in [0.1, 0.15) is 15.9 Å². The molecule has 0 aliphatic rings. The minimum absolute atomic E-state index is 0.159. The average Bonchev–Trinajstić information content (AvgIpc) is 3.13. The van der Waals surface area contributed by atoms with Gasteiger partial charge in [-0.15, -0.1) is 0 Å². The molecule has 0 bridgehead atoms. The van der Waals surface area contributed by atoms with Gasteiger partial charge in [0.05, 0.1) is 12.9 Å². The predicted octanol–water partition coefficient (Wildman–Crippen LogP) is -0.712. The number of amides is 2. The molecule has 3 rings (SSSR count). The van der Waals surface area contributed by atoms with Gasteiger partial charge in [-0.25, -0.2) is 9.78 Å². The number of benzene rings is 1. The van der Waals surface area contributed by atoms with Crippen molar-refractivity contribution < 1.29 is 9.59 Å². The molecular formula is C19H22N6O4. The molecule has 0 saturated carbocycles. The fourth-order valence-corrected chi connectivity index (χ4v) is 2.91. The van der Waals surface area contributed by atoms with E-state index in [9.17, 15) is 19.2 Å². The van der Waals surface area contributed by atoms with Crippen LogP contribution in [-0.2, 0) is 25.4 Å². The van der Waals surface area contributed by atoms with Crippen LogP contribution in [-0.4, -0.2) is 43.6 Å². The minimum Gasteiger partial charge on any atom is -0.353 e. The molecule has 2 heterocycles. The number of imidazole rings is 1. The second-order valence-electron chi connectivity index (χ2n) is 6.71. The molecular weight excluding hydrogens is 376 g/mol. The van der Waals surface area contributed by atoms with E-state index in [1.165, 1.54) is 17.9 Å². The molecule has 0 radical (unpaired) electrons. The first kappa shape index (κ1) is 20.1. The van der Waals surface area contributed by atoms with E-state index in [0.717, 1.165) is 10.1 Å². The van der Waals surface area contributed by atoms with Gasteiger partial charge in [0.2, 0.25) is 5.91 Å². The molecule has 29 heavy (non-hydrogen) atoms. The summed E-state index contributed by atoms with van der Waals surface area (Å²) in [6, 6.07) is 7.04. The molecule has 0 atom stereocenters. The third-order valence-corrected chi connectivity index (χ3v) is 4.62. The zero-order chi connectivity index (χ0) is 21.1. The van der Waals surface area contributed by atoms with Crippen LogP contribution in [0.2, 0.25) is 0 Å². The van der Waals surface area contributed by atoms with Gasteiger partial charge in [0.1, 0.15) is 0 Å². The van der Waals surface area contributed by atoms with Crippen LogP contribution in [0.3, 0.4) is 0 Å². The Kier molecular flexibility index (Phi) is 5.62. The Bertz CT molecular complexity index is 1190. The Morgan fingerprint density at radius 2 is 1.72 bits per heavy atom. The smallest absolute Gasteiger partial charge is 0.332 e. The maximum atomic E-state index is 12.4. The number of carbonyl (C=O) groups is 2. The molecule has 2 amide bonds. The summed E-state index contributed by atoms with van der Waals surface area (Å²) in [6.45, 7) is 2.29. The third kappa shape index (κ3) is 4.10. The highest BCUT2D eigenvalue weighted by Gasteiger charge is 2.14. The highest BCUT2D eigenvalue weighted by Crippen LogP contribution is 2.05. The van der Waals surface area contributed by atoms with Crippen molar-refractivity contribution in [2.24, 2.45) is 14.1 Å². The van der Waals surface area contributed by atoms with Crippen LogP contribution in [0, 0.1) is 6.92 Å². The molecule has 10 nitrogen and oxygen atoms in total. The van der Waals surface area contributed by atoms with Crippen molar-refractivity contribution in [3.05, 3.63) is 62.6 Å². The van der Waals surface area contributed by atoms with Gasteiger partial charge in [0.15, 0.2) is 11.2 Å². The summed E-state index contributed by atoms with van der Waals surface area (Å²) in [5, 5.41) is 5.24. The number of carbonyl (C=O) groups excluding carboxylic acids is 2. The number of hydrogen-bond acceptors (Lipinski definition) is 5.